The van der Waals surface area contributed by atoms with Crippen LogP contribution >= 0.6 is 0 Å². The zero-order valence-electron chi connectivity index (χ0n) is 15.7. The van der Waals surface area contributed by atoms with E-state index in [4.69, 9.17) is 0 Å². The van der Waals surface area contributed by atoms with Crippen LogP contribution in [0.25, 0.3) is 0 Å². The lowest BCUT2D eigenvalue weighted by atomic mass is 10.2. The molecule has 4 N–H and O–H groups in total. The summed E-state index contributed by atoms with van der Waals surface area (Å²) in [6.45, 7) is 0. The molecule has 0 amide bonds. The Balaban J connectivity index is 2.00. The van der Waals surface area contributed by atoms with Crippen molar-refractivity contribution in [3.8, 4) is 5.75 Å². The predicted molar refractivity (Wildman–Crippen MR) is 112 cm³/mol. The van der Waals surface area contributed by atoms with Gasteiger partial charge in [-0.15, -0.1) is 10.2 Å². The fourth-order valence-corrected chi connectivity index (χ4v) is 2.96. The number of carboxylic acid groups (broad SMARTS) is 1. The van der Waals surface area contributed by atoms with E-state index in [2.05, 4.69) is 20.8 Å². The molecule has 0 atom stereocenters. The molecule has 10 nitrogen and oxygen atoms in total. The van der Waals surface area contributed by atoms with Gasteiger partial charge in [0.15, 0.2) is 0 Å². The molecular formula is C20H16N4O6S. The van der Waals surface area contributed by atoms with Gasteiger partial charge in [0.05, 0.1) is 16.1 Å². The summed E-state index contributed by atoms with van der Waals surface area (Å²) in [5.41, 5.74) is 3.14. The van der Waals surface area contributed by atoms with Crippen LogP contribution < -0.4 is 5.43 Å². The summed E-state index contributed by atoms with van der Waals surface area (Å²) in [6.07, 6.45) is 0. The lowest BCUT2D eigenvalue weighted by molar-refractivity contribution is 0.0698. The van der Waals surface area contributed by atoms with Gasteiger partial charge in [-0.2, -0.15) is 13.5 Å². The van der Waals surface area contributed by atoms with Gasteiger partial charge < -0.3 is 10.2 Å². The number of hydrazone groups is 1. The maximum Gasteiger partial charge on any atom is 0.337 e. The van der Waals surface area contributed by atoms with Crippen LogP contribution in [0, 0.1) is 0 Å². The number of rotatable bonds is 6. The van der Waals surface area contributed by atoms with Crippen molar-refractivity contribution in [1.29, 1.82) is 0 Å². The summed E-state index contributed by atoms with van der Waals surface area (Å²) < 4.78 is 31.8. The second kappa shape index (κ2) is 9.15. The van der Waals surface area contributed by atoms with Gasteiger partial charge in [-0.25, -0.2) is 4.79 Å². The van der Waals surface area contributed by atoms with Crippen molar-refractivity contribution in [2.45, 2.75) is 4.90 Å². The summed E-state index contributed by atoms with van der Waals surface area (Å²) >= 11 is 0. The number of carbonyl (C=O) groups is 1. The van der Waals surface area contributed by atoms with E-state index in [0.29, 0.717) is 5.56 Å². The quantitative estimate of drug-likeness (QED) is 0.149. The minimum Gasteiger partial charge on any atom is -0.506 e. The number of azo groups is 1. The van der Waals surface area contributed by atoms with Crippen molar-refractivity contribution in [1.82, 2.24) is 0 Å². The van der Waals surface area contributed by atoms with Crippen molar-refractivity contribution in [3.05, 3.63) is 83.9 Å². The molecule has 11 heteroatoms. The molecule has 3 rings (SSSR count). The molecule has 0 spiro atoms. The van der Waals surface area contributed by atoms with Gasteiger partial charge in [-0.1, -0.05) is 42.5 Å². The van der Waals surface area contributed by atoms with Crippen molar-refractivity contribution >= 4 is 33.3 Å². The number of amidine groups is 1. The molecule has 0 saturated carbocycles. The lowest BCUT2D eigenvalue weighted by Gasteiger charge is -2.06. The van der Waals surface area contributed by atoms with E-state index in [9.17, 15) is 28.0 Å². The Kier molecular flexibility index (Phi) is 6.38. The highest BCUT2D eigenvalue weighted by Crippen LogP contribution is 2.29. The Hall–Kier alpha value is -4.09. The first-order chi connectivity index (χ1) is 14.8. The van der Waals surface area contributed by atoms with Gasteiger partial charge in [0.1, 0.15) is 11.4 Å². The van der Waals surface area contributed by atoms with E-state index >= 15 is 0 Å². The van der Waals surface area contributed by atoms with Gasteiger partial charge in [-0.05, 0) is 30.3 Å². The van der Waals surface area contributed by atoms with Crippen LogP contribution in [-0.4, -0.2) is 35.0 Å². The molecule has 0 bridgehead atoms. The van der Waals surface area contributed by atoms with Crippen LogP contribution in [0.15, 0.2) is 93.0 Å². The molecule has 158 valence electrons. The van der Waals surface area contributed by atoms with Gasteiger partial charge >= 0.3 is 5.97 Å². The predicted octanol–water partition coefficient (Wildman–Crippen LogP) is 3.89. The molecule has 0 aliphatic rings. The second-order valence-corrected chi connectivity index (χ2v) is 7.51. The second-order valence-electron chi connectivity index (χ2n) is 6.09. The number of phenols is 1. The smallest absolute Gasteiger partial charge is 0.337 e. The van der Waals surface area contributed by atoms with E-state index in [1.807, 2.05) is 0 Å². The third kappa shape index (κ3) is 5.50. The maximum atomic E-state index is 11.4. The molecule has 31 heavy (non-hydrogen) atoms. The zero-order chi connectivity index (χ0) is 22.4. The molecule has 0 unspecified atom stereocenters. The number of hydrogen-bond donors (Lipinski definition) is 4. The summed E-state index contributed by atoms with van der Waals surface area (Å²) in [5.74, 6) is -1.49. The third-order valence-corrected chi connectivity index (χ3v) is 4.82. The number of anilines is 1. The highest BCUT2D eigenvalue weighted by atomic mass is 32.2. The maximum absolute atomic E-state index is 11.4. The van der Waals surface area contributed by atoms with Gasteiger partial charge in [0, 0.05) is 5.56 Å². The average Bonchev–Trinajstić information content (AvgIpc) is 2.75. The van der Waals surface area contributed by atoms with Crippen LogP contribution in [-0.2, 0) is 10.1 Å². The molecule has 3 aromatic rings. The lowest BCUT2D eigenvalue weighted by Crippen LogP contribution is -2.05. The highest BCUT2D eigenvalue weighted by molar-refractivity contribution is 7.85. The molecule has 0 radical (unpaired) electrons. The SMILES string of the molecule is O=C(O)c1ccccc1N/N=C(/N=N/c1cc(S(=O)(=O)O)ccc1O)c1ccccc1. The number of hydrogen-bond acceptors (Lipinski definition) is 7. The number of aromatic carboxylic acids is 1. The van der Waals surface area contributed by atoms with E-state index in [-0.39, 0.29) is 28.5 Å². The standard InChI is InChI=1S/C20H16N4O6S/c25-18-11-10-14(31(28,29)30)12-17(18)22-24-19(13-6-2-1-3-7-13)23-21-16-9-5-4-8-15(16)20(26)27/h1-12,21,25H,(H,26,27)(H,28,29,30)/b23-19+,24-22+. The molecule has 3 aromatic carbocycles. The Labute approximate surface area is 177 Å². The molecule has 0 fully saturated rings. The van der Waals surface area contributed by atoms with Gasteiger partial charge in [0.2, 0.25) is 5.84 Å². The largest absolute Gasteiger partial charge is 0.506 e. The number of nitrogens with zero attached hydrogens (tertiary/aromatic N) is 3. The van der Waals surface area contributed by atoms with Crippen LogP contribution in [0.3, 0.4) is 0 Å². The Morgan fingerprint density at radius 2 is 1.61 bits per heavy atom. The number of carboxylic acids is 1. The average molecular weight is 440 g/mol. The number of phenolic OH excluding ortho intramolecular Hbond substituents is 1. The van der Waals surface area contributed by atoms with Crippen LogP contribution in [0.1, 0.15) is 15.9 Å². The molecule has 0 heterocycles. The van der Waals surface area contributed by atoms with Crippen molar-refractivity contribution in [3.63, 3.8) is 0 Å². The Morgan fingerprint density at radius 1 is 0.935 bits per heavy atom. The van der Waals surface area contributed by atoms with E-state index in [0.717, 1.165) is 18.2 Å². The van der Waals surface area contributed by atoms with E-state index in [1.54, 1.807) is 42.5 Å². The first-order valence-corrected chi connectivity index (χ1v) is 10.1. The van der Waals surface area contributed by atoms with Crippen LogP contribution in [0.4, 0.5) is 11.4 Å². The minimum absolute atomic E-state index is 0.00546. The molecular weight excluding hydrogens is 424 g/mol. The van der Waals surface area contributed by atoms with Crippen LogP contribution in [0.5, 0.6) is 5.75 Å². The van der Waals surface area contributed by atoms with Gasteiger partial charge in [0.25, 0.3) is 10.1 Å². The summed E-state index contributed by atoms with van der Waals surface area (Å²) in [5, 5.41) is 31.2. The monoisotopic (exact) mass is 440 g/mol. The zero-order valence-corrected chi connectivity index (χ0v) is 16.6. The number of para-hydroxylation sites is 1. The van der Waals surface area contributed by atoms with Crippen LogP contribution in [0.2, 0.25) is 0 Å². The highest BCUT2D eigenvalue weighted by Gasteiger charge is 2.13. The molecule has 0 aliphatic heterocycles. The first kappa shape index (κ1) is 21.6. The fraction of sp³-hybridized carbons (Fsp3) is 0. The molecule has 0 aliphatic carbocycles. The Morgan fingerprint density at radius 3 is 2.29 bits per heavy atom. The summed E-state index contributed by atoms with van der Waals surface area (Å²) in [4.78, 5) is 10.9. The number of nitrogens with one attached hydrogen (secondary N) is 1. The number of benzene rings is 3. The first-order valence-electron chi connectivity index (χ1n) is 8.69. The fourth-order valence-electron chi connectivity index (χ4n) is 2.46. The normalized spacial score (nSPS) is 12.1. The van der Waals surface area contributed by atoms with Crippen molar-refractivity contribution < 1.29 is 28.0 Å². The van der Waals surface area contributed by atoms with Gasteiger partial charge in [-0.3, -0.25) is 9.98 Å². The summed E-state index contributed by atoms with van der Waals surface area (Å²) in [7, 11) is -4.50. The van der Waals surface area contributed by atoms with Crippen molar-refractivity contribution in [2.24, 2.45) is 15.3 Å². The van der Waals surface area contributed by atoms with E-state index < -0.39 is 21.0 Å². The third-order valence-electron chi connectivity index (χ3n) is 3.97. The summed E-state index contributed by atoms with van der Waals surface area (Å²) in [6, 6.07) is 17.7. The molecule has 0 aromatic heterocycles. The van der Waals surface area contributed by atoms with Crippen molar-refractivity contribution in [2.75, 3.05) is 5.43 Å². The topological polar surface area (TPSA) is 161 Å². The molecule has 0 saturated heterocycles. The number of aromatic hydroxyl groups is 1. The Bertz CT molecular complexity index is 1270. The van der Waals surface area contributed by atoms with E-state index in [1.165, 1.54) is 12.1 Å². The minimum atomic E-state index is -4.50.